The van der Waals surface area contributed by atoms with Crippen LogP contribution in [0, 0.1) is 11.8 Å². The maximum Gasteiger partial charge on any atom is 0.226 e. The van der Waals surface area contributed by atoms with E-state index >= 15 is 0 Å². The van der Waals surface area contributed by atoms with Gasteiger partial charge >= 0.3 is 0 Å². The largest absolute Gasteiger partial charge is 0.335 e. The van der Waals surface area contributed by atoms with Gasteiger partial charge in [-0.2, -0.15) is 0 Å². The van der Waals surface area contributed by atoms with Crippen LogP contribution < -0.4 is 5.73 Å². The van der Waals surface area contributed by atoms with E-state index in [0.29, 0.717) is 18.4 Å². The van der Waals surface area contributed by atoms with E-state index in [9.17, 15) is 4.79 Å². The van der Waals surface area contributed by atoms with Gasteiger partial charge < -0.3 is 10.6 Å². The lowest BCUT2D eigenvalue weighted by Crippen LogP contribution is -2.38. The smallest absolute Gasteiger partial charge is 0.226 e. The first-order chi connectivity index (χ1) is 9.81. The molecule has 2 N–H and O–H groups in total. The molecular weight excluding hydrogens is 248 g/mol. The molecule has 1 saturated heterocycles. The monoisotopic (exact) mass is 272 g/mol. The maximum absolute atomic E-state index is 12.9. The summed E-state index contributed by atoms with van der Waals surface area (Å²) in [6.45, 7) is 1.56. The molecule has 3 nitrogen and oxygen atoms in total. The number of nitrogens with two attached hydrogens (primary N) is 1. The Kier molecular flexibility index (Phi) is 4.06. The number of benzene rings is 1. The number of amides is 1. The van der Waals surface area contributed by atoms with Crippen LogP contribution in [-0.4, -0.2) is 23.9 Å². The molecule has 0 aromatic heterocycles. The number of rotatable bonds is 3. The van der Waals surface area contributed by atoms with Crippen LogP contribution >= 0.6 is 0 Å². The zero-order valence-electron chi connectivity index (χ0n) is 12.0. The molecule has 1 aromatic rings. The quantitative estimate of drug-likeness (QED) is 0.919. The van der Waals surface area contributed by atoms with Crippen LogP contribution in [0.4, 0.5) is 0 Å². The summed E-state index contributed by atoms with van der Waals surface area (Å²) in [5.74, 6) is 0.924. The second-order valence-electron chi connectivity index (χ2n) is 6.13. The molecule has 0 radical (unpaired) electrons. The summed E-state index contributed by atoms with van der Waals surface area (Å²) in [4.78, 5) is 15.0. The Morgan fingerprint density at radius 3 is 2.70 bits per heavy atom. The highest BCUT2D eigenvalue weighted by Crippen LogP contribution is 2.38. The number of hydrogen-bond donors (Lipinski definition) is 1. The second-order valence-corrected chi connectivity index (χ2v) is 6.13. The van der Waals surface area contributed by atoms with Gasteiger partial charge in [0.05, 0.1) is 6.04 Å². The Labute approximate surface area is 121 Å². The number of likely N-dealkylation sites (tertiary alicyclic amines) is 1. The first kappa shape index (κ1) is 13.6. The molecule has 1 aliphatic heterocycles. The van der Waals surface area contributed by atoms with Gasteiger partial charge in [-0.05, 0) is 43.7 Å². The van der Waals surface area contributed by atoms with E-state index in [1.807, 2.05) is 6.07 Å². The van der Waals surface area contributed by atoms with Crippen molar-refractivity contribution in [3.8, 4) is 0 Å². The molecule has 1 heterocycles. The molecule has 20 heavy (non-hydrogen) atoms. The van der Waals surface area contributed by atoms with Gasteiger partial charge in [0.25, 0.3) is 0 Å². The van der Waals surface area contributed by atoms with Gasteiger partial charge in [0.2, 0.25) is 5.91 Å². The van der Waals surface area contributed by atoms with Crippen LogP contribution in [0.15, 0.2) is 30.3 Å². The van der Waals surface area contributed by atoms with Gasteiger partial charge in [0.1, 0.15) is 0 Å². The van der Waals surface area contributed by atoms with Crippen LogP contribution in [-0.2, 0) is 4.79 Å². The van der Waals surface area contributed by atoms with Crippen molar-refractivity contribution in [2.24, 2.45) is 17.6 Å². The fourth-order valence-electron chi connectivity index (χ4n) is 3.91. The van der Waals surface area contributed by atoms with Crippen LogP contribution in [0.5, 0.6) is 0 Å². The normalized spacial score (nSPS) is 29.9. The molecule has 2 aliphatic rings. The Bertz CT molecular complexity index is 459. The summed E-state index contributed by atoms with van der Waals surface area (Å²) in [5, 5.41) is 0. The Morgan fingerprint density at radius 2 is 1.95 bits per heavy atom. The summed E-state index contributed by atoms with van der Waals surface area (Å²) < 4.78 is 0. The molecule has 1 amide bonds. The van der Waals surface area contributed by atoms with Crippen molar-refractivity contribution < 1.29 is 4.79 Å². The van der Waals surface area contributed by atoms with E-state index in [1.165, 1.54) is 5.56 Å². The Balaban J connectivity index is 1.77. The van der Waals surface area contributed by atoms with Gasteiger partial charge in [-0.3, -0.25) is 4.79 Å². The topological polar surface area (TPSA) is 46.3 Å². The highest BCUT2D eigenvalue weighted by atomic mass is 16.2. The predicted molar refractivity (Wildman–Crippen MR) is 80.0 cm³/mol. The first-order valence-electron chi connectivity index (χ1n) is 7.86. The molecule has 1 aliphatic carbocycles. The van der Waals surface area contributed by atoms with Gasteiger partial charge in [0.15, 0.2) is 0 Å². The summed E-state index contributed by atoms with van der Waals surface area (Å²) >= 11 is 0. The molecule has 0 bridgehead atoms. The van der Waals surface area contributed by atoms with Crippen molar-refractivity contribution in [2.45, 2.75) is 38.1 Å². The minimum Gasteiger partial charge on any atom is -0.335 e. The third-order valence-electron chi connectivity index (χ3n) is 5.00. The minimum atomic E-state index is 0.171. The van der Waals surface area contributed by atoms with Crippen LogP contribution in [0.1, 0.15) is 43.7 Å². The summed E-state index contributed by atoms with van der Waals surface area (Å²) in [7, 11) is 0. The van der Waals surface area contributed by atoms with Crippen molar-refractivity contribution >= 4 is 5.91 Å². The third-order valence-corrected chi connectivity index (χ3v) is 5.00. The van der Waals surface area contributed by atoms with Crippen LogP contribution in [0.25, 0.3) is 0 Å². The maximum atomic E-state index is 12.9. The Morgan fingerprint density at radius 1 is 1.15 bits per heavy atom. The van der Waals surface area contributed by atoms with E-state index in [4.69, 9.17) is 5.73 Å². The molecule has 3 heteroatoms. The van der Waals surface area contributed by atoms with E-state index in [1.54, 1.807) is 0 Å². The fourth-order valence-corrected chi connectivity index (χ4v) is 3.91. The van der Waals surface area contributed by atoms with Gasteiger partial charge in [0, 0.05) is 12.5 Å². The molecule has 2 fully saturated rings. The zero-order valence-corrected chi connectivity index (χ0v) is 12.0. The van der Waals surface area contributed by atoms with Gasteiger partial charge in [-0.1, -0.05) is 36.8 Å². The van der Waals surface area contributed by atoms with Crippen molar-refractivity contribution in [2.75, 3.05) is 13.1 Å². The van der Waals surface area contributed by atoms with Gasteiger partial charge in [-0.25, -0.2) is 0 Å². The van der Waals surface area contributed by atoms with E-state index in [0.717, 1.165) is 38.6 Å². The van der Waals surface area contributed by atoms with E-state index in [2.05, 4.69) is 29.2 Å². The summed E-state index contributed by atoms with van der Waals surface area (Å²) in [6, 6.07) is 10.7. The molecule has 3 atom stereocenters. The summed E-state index contributed by atoms with van der Waals surface area (Å²) in [5.41, 5.74) is 7.11. The predicted octanol–water partition coefficient (Wildman–Crippen LogP) is 2.73. The lowest BCUT2D eigenvalue weighted by atomic mass is 9.94. The third kappa shape index (κ3) is 2.47. The molecular formula is C17H24N2O. The molecule has 3 rings (SSSR count). The Hall–Kier alpha value is -1.35. The number of hydrogen-bond acceptors (Lipinski definition) is 2. The lowest BCUT2D eigenvalue weighted by molar-refractivity contribution is -0.137. The average Bonchev–Trinajstić information content (AvgIpc) is 3.16. The second kappa shape index (κ2) is 5.96. The standard InChI is InChI=1S/C17H24N2O/c18-12-14-8-4-9-15(14)17(20)19-11-5-10-16(19)13-6-2-1-3-7-13/h1-3,6-7,14-16H,4-5,8-12,18H2. The molecule has 108 valence electrons. The average molecular weight is 272 g/mol. The van der Waals surface area contributed by atoms with Crippen molar-refractivity contribution in [1.82, 2.24) is 4.90 Å². The van der Waals surface area contributed by atoms with Crippen LogP contribution in [0.3, 0.4) is 0 Å². The fraction of sp³-hybridized carbons (Fsp3) is 0.588. The molecule has 0 spiro atoms. The zero-order chi connectivity index (χ0) is 13.9. The minimum absolute atomic E-state index is 0.171. The molecule has 1 saturated carbocycles. The molecule has 3 unspecified atom stereocenters. The van der Waals surface area contributed by atoms with Crippen molar-refractivity contribution in [3.63, 3.8) is 0 Å². The van der Waals surface area contributed by atoms with Gasteiger partial charge in [-0.15, -0.1) is 0 Å². The number of nitrogens with zero attached hydrogens (tertiary/aromatic N) is 1. The summed E-state index contributed by atoms with van der Waals surface area (Å²) in [6.07, 6.45) is 5.51. The van der Waals surface area contributed by atoms with Crippen molar-refractivity contribution in [1.29, 1.82) is 0 Å². The van der Waals surface area contributed by atoms with Crippen LogP contribution in [0.2, 0.25) is 0 Å². The number of carbonyl (C=O) groups excluding carboxylic acids is 1. The van der Waals surface area contributed by atoms with Crippen molar-refractivity contribution in [3.05, 3.63) is 35.9 Å². The highest BCUT2D eigenvalue weighted by molar-refractivity contribution is 5.80. The SMILES string of the molecule is NCC1CCCC1C(=O)N1CCCC1c1ccccc1. The van der Waals surface area contributed by atoms with E-state index < -0.39 is 0 Å². The first-order valence-corrected chi connectivity index (χ1v) is 7.86. The van der Waals surface area contributed by atoms with E-state index in [-0.39, 0.29) is 12.0 Å². The molecule has 1 aromatic carbocycles. The lowest BCUT2D eigenvalue weighted by Gasteiger charge is -2.29. The number of carbonyl (C=O) groups is 1. The highest BCUT2D eigenvalue weighted by Gasteiger charge is 2.38.